The minimum absolute atomic E-state index is 0.0335. The largest absolute Gasteiger partial charge is 0.443 e. The average Bonchev–Trinajstić information content (AvgIpc) is 3.51. The highest BCUT2D eigenvalue weighted by atomic mass is 19.1. The third-order valence-corrected chi connectivity index (χ3v) is 7.17. The number of hydrogen-bond acceptors (Lipinski definition) is 9. The Hall–Kier alpha value is -4.17. The summed E-state index contributed by atoms with van der Waals surface area (Å²) >= 11 is 0. The van der Waals surface area contributed by atoms with E-state index in [1.165, 1.54) is 11.1 Å². The molecular weight excluding hydrogens is 580 g/mol. The minimum Gasteiger partial charge on any atom is -0.443 e. The third-order valence-electron chi connectivity index (χ3n) is 7.17. The van der Waals surface area contributed by atoms with Gasteiger partial charge in [0.25, 0.3) is 5.91 Å². The van der Waals surface area contributed by atoms with Crippen LogP contribution < -0.4 is 9.80 Å². The number of ether oxygens (including phenoxy) is 4. The molecule has 3 aliphatic rings. The summed E-state index contributed by atoms with van der Waals surface area (Å²) in [5, 5.41) is 7.77. The maximum atomic E-state index is 15.4. The highest BCUT2D eigenvalue weighted by molar-refractivity contribution is 5.91. The van der Waals surface area contributed by atoms with Gasteiger partial charge in [0.1, 0.15) is 23.3 Å². The lowest BCUT2D eigenvalue weighted by molar-refractivity contribution is -0.159. The number of cyclic esters (lactones) is 1. The van der Waals surface area contributed by atoms with Crippen LogP contribution in [-0.2, 0) is 23.7 Å². The Kier molecular flexibility index (Phi) is 8.58. The summed E-state index contributed by atoms with van der Waals surface area (Å²) in [5.41, 5.74) is -0.636. The van der Waals surface area contributed by atoms with Crippen LogP contribution in [0.2, 0.25) is 0 Å². The highest BCUT2D eigenvalue weighted by Crippen LogP contribution is 2.33. The van der Waals surface area contributed by atoms with Gasteiger partial charge in [0.05, 0.1) is 25.4 Å². The third kappa shape index (κ3) is 6.97. The molecule has 3 aliphatic heterocycles. The molecule has 44 heavy (non-hydrogen) atoms. The molecular formula is C30H35F2N5O7. The van der Waals surface area contributed by atoms with Crippen molar-refractivity contribution >= 4 is 35.2 Å². The topological polar surface area (TPSA) is 124 Å². The molecule has 0 aliphatic carbocycles. The fourth-order valence-electron chi connectivity index (χ4n) is 5.18. The molecule has 2 aromatic rings. The van der Waals surface area contributed by atoms with Gasteiger partial charge < -0.3 is 23.8 Å². The van der Waals surface area contributed by atoms with Crippen LogP contribution in [0.4, 0.5) is 29.9 Å². The summed E-state index contributed by atoms with van der Waals surface area (Å²) in [7, 11) is 0. The minimum atomic E-state index is -0.855. The van der Waals surface area contributed by atoms with Crippen molar-refractivity contribution in [2.45, 2.75) is 64.6 Å². The molecule has 0 saturated carbocycles. The second kappa shape index (κ2) is 12.1. The van der Waals surface area contributed by atoms with Crippen molar-refractivity contribution in [1.29, 1.82) is 0 Å². The van der Waals surface area contributed by atoms with Gasteiger partial charge >= 0.3 is 12.2 Å². The van der Waals surface area contributed by atoms with Gasteiger partial charge in [-0.15, -0.1) is 5.10 Å². The molecule has 0 N–H and O–H groups in total. The summed E-state index contributed by atoms with van der Waals surface area (Å²) in [6.07, 6.45) is 0.163. The molecule has 2 saturated heterocycles. The average molecular weight is 616 g/mol. The SMILES string of the molecule is CC(C)(C)OC(=O)N(C[C@H]1CN(c2cc(F)c(C3=CCN(C(=O)[C@@H]4COC(C)(C)O4)CC3)c(F)c2)C(=O)O1)c1cccnn1. The summed E-state index contributed by atoms with van der Waals surface area (Å²) in [6, 6.07) is 5.29. The van der Waals surface area contributed by atoms with Gasteiger partial charge in [0.15, 0.2) is 17.7 Å². The van der Waals surface area contributed by atoms with Crippen LogP contribution in [-0.4, -0.2) is 89.6 Å². The molecule has 236 valence electrons. The first-order chi connectivity index (χ1) is 20.7. The Morgan fingerprint density at radius 3 is 2.50 bits per heavy atom. The van der Waals surface area contributed by atoms with Crippen LogP contribution in [0.1, 0.15) is 46.6 Å². The molecule has 0 radical (unpaired) electrons. The predicted molar refractivity (Wildman–Crippen MR) is 154 cm³/mol. The van der Waals surface area contributed by atoms with Crippen LogP contribution >= 0.6 is 0 Å². The number of amides is 3. The zero-order valence-electron chi connectivity index (χ0n) is 25.2. The zero-order chi connectivity index (χ0) is 31.8. The van der Waals surface area contributed by atoms with Gasteiger partial charge in [-0.05, 0) is 70.9 Å². The lowest BCUT2D eigenvalue weighted by Crippen LogP contribution is -2.43. The number of halogens is 2. The van der Waals surface area contributed by atoms with E-state index in [1.807, 2.05) is 0 Å². The molecule has 12 nitrogen and oxygen atoms in total. The Bertz CT molecular complexity index is 1440. The van der Waals surface area contributed by atoms with E-state index in [0.29, 0.717) is 5.57 Å². The number of carbonyl (C=O) groups is 3. The first kappa shape index (κ1) is 31.3. The normalized spacial score (nSPS) is 21.6. The van der Waals surface area contributed by atoms with Gasteiger partial charge in [0, 0.05) is 24.8 Å². The van der Waals surface area contributed by atoms with Crippen molar-refractivity contribution in [1.82, 2.24) is 15.1 Å². The molecule has 0 spiro atoms. The van der Waals surface area contributed by atoms with E-state index >= 15 is 8.78 Å². The summed E-state index contributed by atoms with van der Waals surface area (Å²) in [5.74, 6) is -2.61. The number of rotatable bonds is 6. The van der Waals surface area contributed by atoms with Crippen molar-refractivity contribution in [2.75, 3.05) is 42.6 Å². The molecule has 4 heterocycles. The summed E-state index contributed by atoms with van der Waals surface area (Å²) in [4.78, 5) is 42.4. The van der Waals surface area contributed by atoms with Crippen LogP contribution in [0, 0.1) is 11.6 Å². The quantitative estimate of drug-likeness (QED) is 0.468. The molecule has 5 rings (SSSR count). The number of benzene rings is 1. The van der Waals surface area contributed by atoms with Crippen molar-refractivity contribution < 1.29 is 42.1 Å². The maximum Gasteiger partial charge on any atom is 0.416 e. The Morgan fingerprint density at radius 1 is 1.20 bits per heavy atom. The standard InChI is InChI=1S/C30H35F2N5O7/c1-29(2,3)44-28(40)37(24-7-6-10-33-34-24)16-20-15-36(27(39)42-20)19-13-21(31)25(22(32)14-19)18-8-11-35(12-9-18)26(38)23-17-41-30(4,5)43-23/h6-8,10,13-14,20,23H,9,11-12,15-17H2,1-5H3/t20-,23+/m1/s1. The predicted octanol–water partition coefficient (Wildman–Crippen LogP) is 4.29. The van der Waals surface area contributed by atoms with Crippen molar-refractivity contribution in [3.05, 3.63) is 53.7 Å². The maximum absolute atomic E-state index is 15.4. The highest BCUT2D eigenvalue weighted by Gasteiger charge is 2.40. The van der Waals surface area contributed by atoms with Gasteiger partial charge in [0.2, 0.25) is 0 Å². The fourth-order valence-corrected chi connectivity index (χ4v) is 5.18. The second-order valence-electron chi connectivity index (χ2n) is 12.2. The molecule has 2 atom stereocenters. The number of carbonyl (C=O) groups excluding carboxylic acids is 3. The number of aromatic nitrogens is 2. The number of hydrogen-bond donors (Lipinski definition) is 0. The second-order valence-corrected chi connectivity index (χ2v) is 12.2. The molecule has 1 aromatic heterocycles. The van der Waals surface area contributed by atoms with E-state index in [0.717, 1.165) is 17.0 Å². The van der Waals surface area contributed by atoms with Crippen LogP contribution in [0.25, 0.3) is 5.57 Å². The molecule has 0 unspecified atom stereocenters. The fraction of sp³-hybridized carbons (Fsp3) is 0.500. The Labute approximate surface area is 253 Å². The van der Waals surface area contributed by atoms with Crippen LogP contribution in [0.15, 0.2) is 36.5 Å². The van der Waals surface area contributed by atoms with Crippen LogP contribution in [0.3, 0.4) is 0 Å². The van der Waals surface area contributed by atoms with Crippen LogP contribution in [0.5, 0.6) is 0 Å². The Morgan fingerprint density at radius 2 is 1.93 bits per heavy atom. The smallest absolute Gasteiger partial charge is 0.416 e. The molecule has 3 amide bonds. The van der Waals surface area contributed by atoms with Crippen molar-refractivity contribution in [3.63, 3.8) is 0 Å². The molecule has 2 fully saturated rings. The van der Waals surface area contributed by atoms with E-state index < -0.39 is 47.4 Å². The molecule has 0 bridgehead atoms. The van der Waals surface area contributed by atoms with Gasteiger partial charge in [-0.25, -0.2) is 18.4 Å². The molecule has 1 aromatic carbocycles. The van der Waals surface area contributed by atoms with Gasteiger partial charge in [-0.2, -0.15) is 5.10 Å². The van der Waals surface area contributed by atoms with E-state index in [2.05, 4.69) is 10.2 Å². The monoisotopic (exact) mass is 615 g/mol. The lowest BCUT2D eigenvalue weighted by Gasteiger charge is -2.29. The zero-order valence-corrected chi connectivity index (χ0v) is 25.2. The van der Waals surface area contributed by atoms with Gasteiger partial charge in [-0.3, -0.25) is 14.6 Å². The summed E-state index contributed by atoms with van der Waals surface area (Å²) < 4.78 is 52.8. The number of anilines is 2. The van der Waals surface area contributed by atoms with E-state index in [9.17, 15) is 14.4 Å². The first-order valence-corrected chi connectivity index (χ1v) is 14.3. The van der Waals surface area contributed by atoms with E-state index in [4.69, 9.17) is 18.9 Å². The van der Waals surface area contributed by atoms with Crippen molar-refractivity contribution in [2.24, 2.45) is 0 Å². The molecule has 14 heteroatoms. The van der Waals surface area contributed by atoms with E-state index in [1.54, 1.807) is 57.7 Å². The number of nitrogens with zero attached hydrogens (tertiary/aromatic N) is 5. The van der Waals surface area contributed by atoms with E-state index in [-0.39, 0.29) is 62.2 Å². The Balaban J connectivity index is 1.27. The first-order valence-electron chi connectivity index (χ1n) is 14.3. The van der Waals surface area contributed by atoms with Gasteiger partial charge in [-0.1, -0.05) is 6.08 Å². The van der Waals surface area contributed by atoms with Crippen molar-refractivity contribution in [3.8, 4) is 0 Å². The lowest BCUT2D eigenvalue weighted by atomic mass is 9.97. The summed E-state index contributed by atoms with van der Waals surface area (Å²) in [6.45, 7) is 8.94.